The van der Waals surface area contributed by atoms with E-state index in [4.69, 9.17) is 4.74 Å². The minimum Gasteiger partial charge on any atom is -0.487 e. The molecule has 0 aliphatic carbocycles. The fourth-order valence-electron chi connectivity index (χ4n) is 4.36. The van der Waals surface area contributed by atoms with E-state index >= 15 is 0 Å². The van der Waals surface area contributed by atoms with Gasteiger partial charge in [0, 0.05) is 31.6 Å². The number of fused-ring (bicyclic) bond motifs is 1. The van der Waals surface area contributed by atoms with E-state index < -0.39 is 12.2 Å². The SMILES string of the molecule is Cc1ccc([C@H](O)CN2CCC3(CC2)C[C@H](O)c2ccccc2O3)cc1C. The van der Waals surface area contributed by atoms with Crippen molar-refractivity contribution in [1.29, 1.82) is 0 Å². The van der Waals surface area contributed by atoms with Crippen LogP contribution in [0.15, 0.2) is 42.5 Å². The van der Waals surface area contributed by atoms with E-state index in [0.29, 0.717) is 13.0 Å². The molecule has 2 aliphatic rings. The fourth-order valence-corrected chi connectivity index (χ4v) is 4.36. The maximum Gasteiger partial charge on any atom is 0.125 e. The number of hydrogen-bond acceptors (Lipinski definition) is 4. The van der Waals surface area contributed by atoms with E-state index in [1.54, 1.807) is 0 Å². The quantitative estimate of drug-likeness (QED) is 0.869. The summed E-state index contributed by atoms with van der Waals surface area (Å²) >= 11 is 0. The number of hydrogen-bond donors (Lipinski definition) is 2. The van der Waals surface area contributed by atoms with E-state index in [1.807, 2.05) is 30.3 Å². The van der Waals surface area contributed by atoms with Crippen LogP contribution >= 0.6 is 0 Å². The van der Waals surface area contributed by atoms with E-state index in [1.165, 1.54) is 11.1 Å². The first kappa shape index (κ1) is 18.5. The number of aryl methyl sites for hydroxylation is 2. The lowest BCUT2D eigenvalue weighted by Gasteiger charge is -2.46. The smallest absolute Gasteiger partial charge is 0.125 e. The molecule has 0 aromatic heterocycles. The number of para-hydroxylation sites is 1. The van der Waals surface area contributed by atoms with Crippen molar-refractivity contribution >= 4 is 0 Å². The lowest BCUT2D eigenvalue weighted by atomic mass is 9.81. The number of aliphatic hydroxyl groups is 2. The monoisotopic (exact) mass is 367 g/mol. The summed E-state index contributed by atoms with van der Waals surface area (Å²) in [7, 11) is 0. The van der Waals surface area contributed by atoms with Gasteiger partial charge in [0.2, 0.25) is 0 Å². The molecular weight excluding hydrogens is 338 g/mol. The number of piperidine rings is 1. The van der Waals surface area contributed by atoms with Gasteiger partial charge in [-0.3, -0.25) is 0 Å². The van der Waals surface area contributed by atoms with Gasteiger partial charge in [0.1, 0.15) is 11.4 Å². The molecule has 0 saturated carbocycles. The third-order valence-electron chi connectivity index (χ3n) is 6.28. The van der Waals surface area contributed by atoms with E-state index in [2.05, 4.69) is 30.9 Å². The van der Waals surface area contributed by atoms with Crippen LogP contribution in [0.25, 0.3) is 0 Å². The molecule has 27 heavy (non-hydrogen) atoms. The number of likely N-dealkylation sites (tertiary alicyclic amines) is 1. The molecule has 0 amide bonds. The van der Waals surface area contributed by atoms with Crippen molar-refractivity contribution in [3.05, 3.63) is 64.7 Å². The molecular formula is C23H29NO3. The van der Waals surface area contributed by atoms with Gasteiger partial charge in [0.05, 0.1) is 12.2 Å². The van der Waals surface area contributed by atoms with E-state index in [9.17, 15) is 10.2 Å². The topological polar surface area (TPSA) is 52.9 Å². The second-order valence-electron chi connectivity index (χ2n) is 8.20. The third-order valence-corrected chi connectivity index (χ3v) is 6.28. The van der Waals surface area contributed by atoms with Gasteiger partial charge in [-0.15, -0.1) is 0 Å². The molecule has 2 atom stereocenters. The normalized spacial score (nSPS) is 22.9. The van der Waals surface area contributed by atoms with Crippen molar-refractivity contribution < 1.29 is 14.9 Å². The summed E-state index contributed by atoms with van der Waals surface area (Å²) in [5.41, 5.74) is 4.06. The zero-order chi connectivity index (χ0) is 19.0. The summed E-state index contributed by atoms with van der Waals surface area (Å²) in [6.07, 6.45) is 1.47. The second kappa shape index (κ2) is 7.27. The van der Waals surface area contributed by atoms with Crippen molar-refractivity contribution in [1.82, 2.24) is 4.90 Å². The second-order valence-corrected chi connectivity index (χ2v) is 8.20. The molecule has 0 bridgehead atoms. The molecule has 2 aliphatic heterocycles. The van der Waals surface area contributed by atoms with Crippen LogP contribution in [0.3, 0.4) is 0 Å². The standard InChI is InChI=1S/C23H29NO3/c1-16-7-8-18(13-17(16)2)21(26)15-24-11-9-23(10-12-24)14-20(25)19-5-3-4-6-22(19)27-23/h3-8,13,20-21,25-26H,9-12,14-15H2,1-2H3/t20-,21+/m0/s1. The van der Waals surface area contributed by atoms with Gasteiger partial charge < -0.3 is 19.8 Å². The first-order chi connectivity index (χ1) is 13.0. The predicted molar refractivity (Wildman–Crippen MR) is 106 cm³/mol. The van der Waals surface area contributed by atoms with Crippen LogP contribution in [-0.4, -0.2) is 40.3 Å². The Morgan fingerprint density at radius 2 is 1.85 bits per heavy atom. The Morgan fingerprint density at radius 1 is 1.11 bits per heavy atom. The van der Waals surface area contributed by atoms with Crippen molar-refractivity contribution in [3.63, 3.8) is 0 Å². The van der Waals surface area contributed by atoms with E-state index in [0.717, 1.165) is 42.8 Å². The average molecular weight is 367 g/mol. The van der Waals surface area contributed by atoms with Crippen LogP contribution in [0.1, 0.15) is 53.7 Å². The summed E-state index contributed by atoms with van der Waals surface area (Å²) < 4.78 is 6.35. The highest BCUT2D eigenvalue weighted by Crippen LogP contribution is 2.44. The van der Waals surface area contributed by atoms with Gasteiger partial charge in [-0.1, -0.05) is 36.4 Å². The Kier molecular flexibility index (Phi) is 4.97. The van der Waals surface area contributed by atoms with Gasteiger partial charge in [0.15, 0.2) is 0 Å². The molecule has 4 rings (SSSR count). The minimum atomic E-state index is -0.475. The van der Waals surface area contributed by atoms with Crippen LogP contribution in [-0.2, 0) is 0 Å². The number of aliphatic hydroxyl groups excluding tert-OH is 2. The van der Waals surface area contributed by atoms with Gasteiger partial charge in [0.25, 0.3) is 0 Å². The molecule has 4 nitrogen and oxygen atoms in total. The number of rotatable bonds is 3. The molecule has 4 heteroatoms. The molecule has 2 N–H and O–H groups in total. The van der Waals surface area contributed by atoms with Crippen LogP contribution in [0.4, 0.5) is 0 Å². The third kappa shape index (κ3) is 3.75. The number of β-amino-alcohol motifs (C(OH)–C–C–N with tert-alkyl or cyclic N) is 1. The van der Waals surface area contributed by atoms with Crippen LogP contribution in [0.5, 0.6) is 5.75 Å². The molecule has 1 fully saturated rings. The zero-order valence-corrected chi connectivity index (χ0v) is 16.2. The van der Waals surface area contributed by atoms with Crippen LogP contribution in [0, 0.1) is 13.8 Å². The van der Waals surface area contributed by atoms with Gasteiger partial charge in [-0.25, -0.2) is 0 Å². The Labute approximate surface area is 161 Å². The first-order valence-electron chi connectivity index (χ1n) is 9.89. The maximum absolute atomic E-state index is 10.6. The summed E-state index contributed by atoms with van der Waals surface area (Å²) in [4.78, 5) is 2.31. The molecule has 1 spiro atoms. The molecule has 144 valence electrons. The van der Waals surface area contributed by atoms with Gasteiger partial charge in [-0.05, 0) is 49.4 Å². The molecule has 2 aromatic carbocycles. The van der Waals surface area contributed by atoms with Crippen LogP contribution in [0.2, 0.25) is 0 Å². The Morgan fingerprint density at radius 3 is 2.59 bits per heavy atom. The lowest BCUT2D eigenvalue weighted by Crippen LogP contribution is -2.51. The zero-order valence-electron chi connectivity index (χ0n) is 16.2. The number of ether oxygens (including phenoxy) is 1. The van der Waals surface area contributed by atoms with E-state index in [-0.39, 0.29) is 5.60 Å². The Balaban J connectivity index is 1.38. The highest BCUT2D eigenvalue weighted by molar-refractivity contribution is 5.38. The molecule has 1 saturated heterocycles. The molecule has 0 radical (unpaired) electrons. The molecule has 2 aromatic rings. The van der Waals surface area contributed by atoms with Gasteiger partial charge >= 0.3 is 0 Å². The van der Waals surface area contributed by atoms with Crippen LogP contribution < -0.4 is 4.74 Å². The Bertz CT molecular complexity index is 811. The highest BCUT2D eigenvalue weighted by atomic mass is 16.5. The van der Waals surface area contributed by atoms with Crippen molar-refractivity contribution in [2.24, 2.45) is 0 Å². The summed E-state index contributed by atoms with van der Waals surface area (Å²) in [6.45, 7) is 6.55. The average Bonchev–Trinajstić information content (AvgIpc) is 2.66. The predicted octanol–water partition coefficient (Wildman–Crippen LogP) is 3.69. The summed E-state index contributed by atoms with van der Waals surface area (Å²) in [6, 6.07) is 14.0. The number of benzene rings is 2. The largest absolute Gasteiger partial charge is 0.487 e. The summed E-state index contributed by atoms with van der Waals surface area (Å²) in [5, 5.41) is 21.2. The molecule has 2 heterocycles. The highest BCUT2D eigenvalue weighted by Gasteiger charge is 2.42. The van der Waals surface area contributed by atoms with Crippen molar-refractivity contribution in [2.75, 3.05) is 19.6 Å². The molecule has 0 unspecified atom stereocenters. The maximum atomic E-state index is 10.6. The first-order valence-corrected chi connectivity index (χ1v) is 9.89. The Hall–Kier alpha value is -1.88. The fraction of sp³-hybridized carbons (Fsp3) is 0.478. The minimum absolute atomic E-state index is 0.282. The van der Waals surface area contributed by atoms with Gasteiger partial charge in [-0.2, -0.15) is 0 Å². The lowest BCUT2D eigenvalue weighted by molar-refractivity contribution is -0.0587. The van der Waals surface area contributed by atoms with Crippen molar-refractivity contribution in [2.45, 2.75) is 50.9 Å². The number of nitrogens with zero attached hydrogens (tertiary/aromatic N) is 1. The summed E-state index contributed by atoms with van der Waals surface area (Å²) in [5.74, 6) is 0.819. The van der Waals surface area contributed by atoms with Crippen molar-refractivity contribution in [3.8, 4) is 5.75 Å².